The molecule has 6 rings (SSSR count). The summed E-state index contributed by atoms with van der Waals surface area (Å²) >= 11 is 0. The van der Waals surface area contributed by atoms with Gasteiger partial charge in [-0.05, 0) is 61.9 Å². The summed E-state index contributed by atoms with van der Waals surface area (Å²) in [5.74, 6) is 1.29. The molecule has 11 heteroatoms. The molecular formula is C29H28N8O3. The van der Waals surface area contributed by atoms with E-state index in [2.05, 4.69) is 21.4 Å². The quantitative estimate of drug-likeness (QED) is 0.271. The number of hydrogen-bond donors (Lipinski definition) is 2. The summed E-state index contributed by atoms with van der Waals surface area (Å²) in [6, 6.07) is 18.7. The first-order chi connectivity index (χ1) is 19.5. The third kappa shape index (κ3) is 4.81. The second kappa shape index (κ2) is 10.7. The van der Waals surface area contributed by atoms with Crippen LogP contribution >= 0.6 is 0 Å². The highest BCUT2D eigenvalue weighted by atomic mass is 16.5. The van der Waals surface area contributed by atoms with Gasteiger partial charge in [0.15, 0.2) is 11.5 Å². The van der Waals surface area contributed by atoms with Gasteiger partial charge in [0.1, 0.15) is 35.0 Å². The second-order valence-electron chi connectivity index (χ2n) is 10.0. The Hall–Kier alpha value is -4.95. The van der Waals surface area contributed by atoms with Crippen LogP contribution in [0, 0.1) is 17.2 Å². The summed E-state index contributed by atoms with van der Waals surface area (Å²) < 4.78 is 8.96. The van der Waals surface area contributed by atoms with Crippen LogP contribution in [0.15, 0.2) is 77.4 Å². The molecule has 0 spiro atoms. The third-order valence-corrected chi connectivity index (χ3v) is 7.31. The van der Waals surface area contributed by atoms with Gasteiger partial charge in [0.05, 0.1) is 5.69 Å². The van der Waals surface area contributed by atoms with Crippen molar-refractivity contribution in [1.29, 1.82) is 5.26 Å². The predicted molar refractivity (Wildman–Crippen MR) is 149 cm³/mol. The Morgan fingerprint density at radius 2 is 1.88 bits per heavy atom. The number of carbonyl (C=O) groups excluding carboxylic acids is 1. The molecule has 2 aliphatic heterocycles. The number of imidazole rings is 1. The van der Waals surface area contributed by atoms with Crippen molar-refractivity contribution in [2.75, 3.05) is 25.4 Å². The van der Waals surface area contributed by atoms with Gasteiger partial charge < -0.3 is 20.7 Å². The highest BCUT2D eigenvalue weighted by Gasteiger charge is 2.34. The van der Waals surface area contributed by atoms with Crippen LogP contribution in [0.2, 0.25) is 0 Å². The molecule has 2 aromatic carbocycles. The molecule has 2 fully saturated rings. The zero-order chi connectivity index (χ0) is 27.6. The average molecular weight is 537 g/mol. The lowest BCUT2D eigenvalue weighted by Crippen LogP contribution is -2.52. The van der Waals surface area contributed by atoms with E-state index in [9.17, 15) is 14.9 Å². The maximum atomic E-state index is 13.7. The van der Waals surface area contributed by atoms with E-state index in [0.717, 1.165) is 19.4 Å². The number of anilines is 1. The Bertz CT molecular complexity index is 1670. The van der Waals surface area contributed by atoms with Gasteiger partial charge >= 0.3 is 5.69 Å². The lowest BCUT2D eigenvalue weighted by atomic mass is 9.98. The molecule has 1 atom stereocenters. The summed E-state index contributed by atoms with van der Waals surface area (Å²) in [6.07, 6.45) is 5.02. The monoisotopic (exact) mass is 536 g/mol. The number of amides is 1. The van der Waals surface area contributed by atoms with Crippen molar-refractivity contribution >= 4 is 22.9 Å². The Morgan fingerprint density at radius 3 is 2.58 bits per heavy atom. The minimum Gasteiger partial charge on any atom is -0.457 e. The number of para-hydroxylation sites is 1. The standard InChI is InChI=1S/C29H28N8O3/c30-14-20(13-21-5-4-12-32-21)28(38)35-15-19(16-35)17-36-27-25(26(31)33-18-34-27)37(29(36)39)22-8-10-24(11-9-22)40-23-6-2-1-3-7-23/h1-3,6-11,13,18-19,21,32H,4-5,12,15-17H2,(H2,31,33,34)/t21-/m0/s1. The number of nitrogens with two attached hydrogens (primary N) is 1. The van der Waals surface area contributed by atoms with E-state index in [-0.39, 0.29) is 34.9 Å². The van der Waals surface area contributed by atoms with Crippen LogP contribution in [0.1, 0.15) is 12.8 Å². The van der Waals surface area contributed by atoms with E-state index < -0.39 is 0 Å². The minimum absolute atomic E-state index is 0.0306. The molecule has 0 saturated carbocycles. The number of benzene rings is 2. The molecule has 0 bridgehead atoms. The molecule has 0 unspecified atom stereocenters. The molecule has 0 aliphatic carbocycles. The minimum atomic E-state index is -0.298. The highest BCUT2D eigenvalue weighted by Crippen LogP contribution is 2.27. The summed E-state index contributed by atoms with van der Waals surface area (Å²) in [6.45, 7) is 2.14. The van der Waals surface area contributed by atoms with Gasteiger partial charge in [0.2, 0.25) is 0 Å². The molecule has 0 radical (unpaired) electrons. The van der Waals surface area contributed by atoms with Crippen LogP contribution in [-0.4, -0.2) is 55.6 Å². The normalized spacial score (nSPS) is 17.5. The van der Waals surface area contributed by atoms with Crippen LogP contribution < -0.4 is 21.5 Å². The fraction of sp³-hybridized carbons (Fsp3) is 0.276. The van der Waals surface area contributed by atoms with E-state index in [1.54, 1.807) is 39.8 Å². The zero-order valence-corrected chi connectivity index (χ0v) is 21.7. The first-order valence-corrected chi connectivity index (χ1v) is 13.2. The van der Waals surface area contributed by atoms with Crippen LogP contribution in [-0.2, 0) is 11.3 Å². The molecule has 1 amide bonds. The van der Waals surface area contributed by atoms with Gasteiger partial charge in [0.25, 0.3) is 5.91 Å². The van der Waals surface area contributed by atoms with Gasteiger partial charge in [-0.25, -0.2) is 14.8 Å². The van der Waals surface area contributed by atoms with Crippen molar-refractivity contribution in [2.45, 2.75) is 25.4 Å². The van der Waals surface area contributed by atoms with E-state index in [0.29, 0.717) is 48.0 Å². The Kier molecular flexibility index (Phi) is 6.76. The highest BCUT2D eigenvalue weighted by molar-refractivity contribution is 5.97. The summed E-state index contributed by atoms with van der Waals surface area (Å²) in [4.78, 5) is 36.7. The molecule has 4 aromatic rings. The number of nitriles is 1. The molecule has 40 heavy (non-hydrogen) atoms. The average Bonchev–Trinajstić information content (AvgIpc) is 3.56. The number of likely N-dealkylation sites (tertiary alicyclic amines) is 1. The molecule has 4 heterocycles. The summed E-state index contributed by atoms with van der Waals surface area (Å²) in [7, 11) is 0. The third-order valence-electron chi connectivity index (χ3n) is 7.31. The number of carbonyl (C=O) groups is 1. The van der Waals surface area contributed by atoms with Crippen molar-refractivity contribution in [1.82, 2.24) is 29.3 Å². The molecule has 2 saturated heterocycles. The van der Waals surface area contributed by atoms with Gasteiger partial charge in [-0.1, -0.05) is 18.2 Å². The first kappa shape index (κ1) is 25.3. The van der Waals surface area contributed by atoms with Gasteiger partial charge in [0, 0.05) is 31.6 Å². The fourth-order valence-corrected chi connectivity index (χ4v) is 5.28. The number of nitrogens with zero attached hydrogens (tertiary/aromatic N) is 6. The van der Waals surface area contributed by atoms with Crippen molar-refractivity contribution in [2.24, 2.45) is 5.92 Å². The first-order valence-electron chi connectivity index (χ1n) is 13.2. The van der Waals surface area contributed by atoms with E-state index in [1.807, 2.05) is 30.3 Å². The zero-order valence-electron chi connectivity index (χ0n) is 21.7. The van der Waals surface area contributed by atoms with Gasteiger partial charge in [-0.15, -0.1) is 0 Å². The van der Waals surface area contributed by atoms with Crippen LogP contribution in [0.4, 0.5) is 5.82 Å². The van der Waals surface area contributed by atoms with Crippen molar-refractivity contribution < 1.29 is 9.53 Å². The SMILES string of the molecule is N#CC(=C[C@@H]1CCCN1)C(=O)N1CC(Cn2c(=O)n(-c3ccc(Oc4ccccc4)cc3)c3c(N)ncnc32)C1. The number of nitrogens with one attached hydrogen (secondary N) is 1. The number of rotatable bonds is 7. The number of ether oxygens (including phenoxy) is 1. The fourth-order valence-electron chi connectivity index (χ4n) is 5.28. The maximum Gasteiger partial charge on any atom is 0.335 e. The summed E-state index contributed by atoms with van der Waals surface area (Å²) in [5, 5.41) is 12.8. The number of nitrogen functional groups attached to an aromatic ring is 1. The van der Waals surface area contributed by atoms with Gasteiger partial charge in [-0.3, -0.25) is 13.9 Å². The van der Waals surface area contributed by atoms with Crippen LogP contribution in [0.3, 0.4) is 0 Å². The Labute approximate surface area is 230 Å². The maximum absolute atomic E-state index is 13.7. The summed E-state index contributed by atoms with van der Waals surface area (Å²) in [5.41, 5.74) is 7.54. The van der Waals surface area contributed by atoms with Crippen LogP contribution in [0.25, 0.3) is 16.9 Å². The topological polar surface area (TPSA) is 144 Å². The smallest absolute Gasteiger partial charge is 0.335 e. The van der Waals surface area contributed by atoms with E-state index in [4.69, 9.17) is 10.5 Å². The molecule has 2 aromatic heterocycles. The predicted octanol–water partition coefficient (Wildman–Crippen LogP) is 2.62. The molecule has 2 aliphatic rings. The largest absolute Gasteiger partial charge is 0.457 e. The molecule has 11 nitrogen and oxygen atoms in total. The molecule has 3 N–H and O–H groups in total. The molecule has 202 valence electrons. The Morgan fingerprint density at radius 1 is 1.12 bits per heavy atom. The van der Waals surface area contributed by atoms with Crippen molar-refractivity contribution in [3.05, 3.63) is 83.1 Å². The number of fused-ring (bicyclic) bond motifs is 1. The van der Waals surface area contributed by atoms with Crippen LogP contribution in [0.5, 0.6) is 11.5 Å². The number of hydrogen-bond acceptors (Lipinski definition) is 8. The molecular weight excluding hydrogens is 508 g/mol. The lowest BCUT2D eigenvalue weighted by molar-refractivity contribution is -0.133. The van der Waals surface area contributed by atoms with Crippen molar-refractivity contribution in [3.63, 3.8) is 0 Å². The van der Waals surface area contributed by atoms with Crippen molar-refractivity contribution in [3.8, 4) is 23.3 Å². The van der Waals surface area contributed by atoms with E-state index >= 15 is 0 Å². The lowest BCUT2D eigenvalue weighted by Gasteiger charge is -2.39. The van der Waals surface area contributed by atoms with E-state index in [1.165, 1.54) is 10.9 Å². The number of aromatic nitrogens is 4. The second-order valence-corrected chi connectivity index (χ2v) is 10.0. The Balaban J connectivity index is 1.22. The van der Waals surface area contributed by atoms with Gasteiger partial charge in [-0.2, -0.15) is 5.26 Å².